The standard InChI is InChI=1S/7C6H14.7C3H8O/c7*1-3-5-6-4-2;7*1-3(2)4/h7*3-6H2,1-2H3;7*3-4H,1-2H3. The van der Waals surface area contributed by atoms with Gasteiger partial charge in [-0.15, -0.1) is 0 Å². The minimum absolute atomic E-state index is 0.167. The fourth-order valence-electron chi connectivity index (χ4n) is 3.50. The molecule has 0 saturated carbocycles. The Morgan fingerprint density at radius 3 is 0.186 bits per heavy atom. The topological polar surface area (TPSA) is 142 Å². The number of rotatable bonds is 21. The van der Waals surface area contributed by atoms with Gasteiger partial charge in [0.25, 0.3) is 0 Å². The van der Waals surface area contributed by atoms with Crippen molar-refractivity contribution in [3.63, 3.8) is 0 Å². The second kappa shape index (κ2) is 133. The number of hydrogen-bond donors (Lipinski definition) is 7. The second-order valence-corrected chi connectivity index (χ2v) is 19.6. The van der Waals surface area contributed by atoms with Gasteiger partial charge in [0.2, 0.25) is 0 Å². The van der Waals surface area contributed by atoms with Gasteiger partial charge in [-0.1, -0.05) is 277 Å². The Morgan fingerprint density at radius 2 is 0.171 bits per heavy atom. The van der Waals surface area contributed by atoms with Crippen LogP contribution in [0.15, 0.2) is 0 Å². The van der Waals surface area contributed by atoms with E-state index < -0.39 is 0 Å². The summed E-state index contributed by atoms with van der Waals surface area (Å²) in [6, 6.07) is 0. The van der Waals surface area contributed by atoms with Crippen molar-refractivity contribution in [3.05, 3.63) is 0 Å². The zero-order valence-corrected chi connectivity index (χ0v) is 55.0. The summed E-state index contributed by atoms with van der Waals surface area (Å²) < 4.78 is 0. The lowest BCUT2D eigenvalue weighted by Gasteiger charge is -1.86. The summed E-state index contributed by atoms with van der Waals surface area (Å²) in [5.74, 6) is 0. The molecule has 0 heterocycles. The van der Waals surface area contributed by atoms with Gasteiger partial charge in [-0.05, 0) is 96.9 Å². The Bertz CT molecular complexity index is 384. The van der Waals surface area contributed by atoms with Crippen molar-refractivity contribution < 1.29 is 35.7 Å². The van der Waals surface area contributed by atoms with Crippen LogP contribution in [0.1, 0.15) is 374 Å². The average Bonchev–Trinajstić information content (AvgIpc) is 3.24. The van der Waals surface area contributed by atoms with E-state index in [1.54, 1.807) is 96.9 Å². The predicted octanol–water partition coefficient (Wildman–Crippen LogP) is 20.8. The Labute approximate surface area is 450 Å². The fourth-order valence-corrected chi connectivity index (χ4v) is 3.50. The second-order valence-electron chi connectivity index (χ2n) is 19.6. The SMILES string of the molecule is CC(C)O.CC(C)O.CC(C)O.CC(C)O.CC(C)O.CC(C)O.CC(C)O.CCCCCC.CCCCCC.CCCCCC.CCCCCC.CCCCCC.CCCCCC.CCCCCC. The first-order valence-corrected chi connectivity index (χ1v) is 30.3. The molecule has 0 radical (unpaired) electrons. The van der Waals surface area contributed by atoms with Crippen LogP contribution in [0.2, 0.25) is 0 Å². The van der Waals surface area contributed by atoms with Crippen molar-refractivity contribution in [1.29, 1.82) is 0 Å². The maximum absolute atomic E-state index is 8.06. The van der Waals surface area contributed by atoms with Gasteiger partial charge in [0.1, 0.15) is 0 Å². The van der Waals surface area contributed by atoms with Crippen molar-refractivity contribution in [3.8, 4) is 0 Å². The van der Waals surface area contributed by atoms with E-state index in [-0.39, 0.29) is 42.7 Å². The Morgan fingerprint density at radius 1 is 0.143 bits per heavy atom. The normalized spacial score (nSPS) is 9.00. The maximum Gasteiger partial charge on any atom is 0.0483 e. The van der Waals surface area contributed by atoms with Crippen LogP contribution in [0, 0.1) is 0 Å². The van der Waals surface area contributed by atoms with Crippen molar-refractivity contribution in [2.75, 3.05) is 0 Å². The molecule has 0 aliphatic carbocycles. The highest BCUT2D eigenvalue weighted by Gasteiger charge is 1.79. The molecule has 0 fully saturated rings. The van der Waals surface area contributed by atoms with E-state index in [0.29, 0.717) is 0 Å². The summed E-state index contributed by atoms with van der Waals surface area (Å²) in [4.78, 5) is 0. The lowest BCUT2D eigenvalue weighted by molar-refractivity contribution is 0.215. The van der Waals surface area contributed by atoms with Gasteiger partial charge in [0.05, 0.1) is 0 Å². The smallest absolute Gasteiger partial charge is 0.0483 e. The zero-order chi connectivity index (χ0) is 58.8. The van der Waals surface area contributed by atoms with E-state index in [1.165, 1.54) is 180 Å². The molecule has 0 aliphatic heterocycles. The van der Waals surface area contributed by atoms with Gasteiger partial charge >= 0.3 is 0 Å². The van der Waals surface area contributed by atoms with Crippen LogP contribution in [-0.4, -0.2) is 78.5 Å². The molecule has 0 aromatic heterocycles. The monoisotopic (exact) mass is 1020 g/mol. The van der Waals surface area contributed by atoms with Crippen molar-refractivity contribution >= 4 is 0 Å². The van der Waals surface area contributed by atoms with Gasteiger partial charge in [0, 0.05) is 42.7 Å². The first-order chi connectivity index (χ1) is 32.5. The Hall–Kier alpha value is -0.280. The number of unbranched alkanes of at least 4 members (excludes halogenated alkanes) is 21. The van der Waals surface area contributed by atoms with E-state index in [0.717, 1.165) is 0 Å². The van der Waals surface area contributed by atoms with Crippen LogP contribution in [-0.2, 0) is 0 Å². The first-order valence-electron chi connectivity index (χ1n) is 30.3. The van der Waals surface area contributed by atoms with Gasteiger partial charge in [0.15, 0.2) is 0 Å². The summed E-state index contributed by atoms with van der Waals surface area (Å²) in [5.41, 5.74) is 0. The van der Waals surface area contributed by atoms with Gasteiger partial charge in [-0.25, -0.2) is 0 Å². The molecular weight excluding hydrogens is 869 g/mol. The van der Waals surface area contributed by atoms with E-state index in [2.05, 4.69) is 96.9 Å². The molecule has 0 bridgehead atoms. The first kappa shape index (κ1) is 106. The molecular formula is C63H154O7. The zero-order valence-electron chi connectivity index (χ0n) is 55.0. The summed E-state index contributed by atoms with van der Waals surface area (Å²) in [7, 11) is 0. The molecule has 448 valence electrons. The highest BCUT2D eigenvalue weighted by Crippen LogP contribution is 1.98. The summed E-state index contributed by atoms with van der Waals surface area (Å²) in [6.45, 7) is 55.4. The molecule has 7 N–H and O–H groups in total. The third kappa shape index (κ3) is 702. The Kier molecular flexibility index (Phi) is 201. The quantitative estimate of drug-likeness (QED) is 0.0568. The third-order valence-electron chi connectivity index (χ3n) is 6.70. The van der Waals surface area contributed by atoms with Crippen LogP contribution in [0.3, 0.4) is 0 Å². The van der Waals surface area contributed by atoms with E-state index in [9.17, 15) is 0 Å². The van der Waals surface area contributed by atoms with Crippen molar-refractivity contribution in [2.24, 2.45) is 0 Å². The summed E-state index contributed by atoms with van der Waals surface area (Å²) >= 11 is 0. The highest BCUT2D eigenvalue weighted by atomic mass is 16.3. The fraction of sp³-hybridized carbons (Fsp3) is 1.00. The molecule has 70 heavy (non-hydrogen) atoms. The highest BCUT2D eigenvalue weighted by molar-refractivity contribution is 4.35. The lowest BCUT2D eigenvalue weighted by Crippen LogP contribution is -1.85. The lowest BCUT2D eigenvalue weighted by atomic mass is 10.2. The molecule has 7 heteroatoms. The molecule has 0 amide bonds. The Balaban J connectivity index is -0.0000000404. The molecule has 0 aromatic rings. The van der Waals surface area contributed by atoms with Gasteiger partial charge in [-0.2, -0.15) is 0 Å². The van der Waals surface area contributed by atoms with E-state index in [1.807, 2.05) is 0 Å². The summed E-state index contributed by atoms with van der Waals surface area (Å²) in [6.07, 6.45) is 37.6. The van der Waals surface area contributed by atoms with E-state index in [4.69, 9.17) is 35.7 Å². The van der Waals surface area contributed by atoms with Crippen LogP contribution < -0.4 is 0 Å². The molecule has 0 rings (SSSR count). The number of aliphatic hydroxyl groups excluding tert-OH is 7. The molecule has 0 spiro atoms. The molecule has 0 aromatic carbocycles. The van der Waals surface area contributed by atoms with Crippen LogP contribution in [0.4, 0.5) is 0 Å². The molecule has 7 nitrogen and oxygen atoms in total. The largest absolute Gasteiger partial charge is 0.394 e. The number of hydrogen-bond acceptors (Lipinski definition) is 7. The van der Waals surface area contributed by atoms with Gasteiger partial charge in [-0.3, -0.25) is 0 Å². The van der Waals surface area contributed by atoms with Crippen molar-refractivity contribution in [2.45, 2.75) is 416 Å². The average molecular weight is 1020 g/mol. The minimum atomic E-state index is -0.167. The van der Waals surface area contributed by atoms with Gasteiger partial charge < -0.3 is 35.7 Å². The number of aliphatic hydroxyl groups is 7. The van der Waals surface area contributed by atoms with Crippen LogP contribution in [0.5, 0.6) is 0 Å². The van der Waals surface area contributed by atoms with Crippen LogP contribution >= 0.6 is 0 Å². The molecule has 0 atom stereocenters. The molecule has 0 aliphatic rings. The third-order valence-corrected chi connectivity index (χ3v) is 6.70. The molecule has 0 saturated heterocycles. The van der Waals surface area contributed by atoms with Crippen molar-refractivity contribution in [1.82, 2.24) is 0 Å². The summed E-state index contributed by atoms with van der Waals surface area (Å²) in [5, 5.41) is 56.4. The molecule has 0 unspecified atom stereocenters. The minimum Gasteiger partial charge on any atom is -0.394 e. The van der Waals surface area contributed by atoms with E-state index >= 15 is 0 Å². The predicted molar refractivity (Wildman–Crippen MR) is 330 cm³/mol. The van der Waals surface area contributed by atoms with Crippen LogP contribution in [0.25, 0.3) is 0 Å². The maximum atomic E-state index is 8.06.